The minimum absolute atomic E-state index is 0.262. The van der Waals surface area contributed by atoms with Gasteiger partial charge in [0.1, 0.15) is 11.8 Å². The van der Waals surface area contributed by atoms with E-state index in [1.165, 1.54) is 0 Å². The maximum Gasteiger partial charge on any atom is 0.325 e. The number of benzene rings is 1. The monoisotopic (exact) mass is 251 g/mol. The van der Waals surface area contributed by atoms with Crippen molar-refractivity contribution in [3.8, 4) is 5.75 Å². The van der Waals surface area contributed by atoms with E-state index in [2.05, 4.69) is 5.32 Å². The summed E-state index contributed by atoms with van der Waals surface area (Å²) >= 11 is 0. The van der Waals surface area contributed by atoms with Crippen LogP contribution < -0.4 is 10.1 Å². The Balaban J connectivity index is 2.89. The first-order valence-corrected chi connectivity index (χ1v) is 6.07. The van der Waals surface area contributed by atoms with Crippen LogP contribution in [0.1, 0.15) is 39.3 Å². The van der Waals surface area contributed by atoms with Gasteiger partial charge in [0.05, 0.1) is 6.61 Å². The van der Waals surface area contributed by atoms with E-state index >= 15 is 0 Å². The highest BCUT2D eigenvalue weighted by atomic mass is 16.5. The predicted molar refractivity (Wildman–Crippen MR) is 70.9 cm³/mol. The molecular formula is C14H21NO3. The van der Waals surface area contributed by atoms with Crippen molar-refractivity contribution < 1.29 is 14.6 Å². The van der Waals surface area contributed by atoms with Gasteiger partial charge in [-0.3, -0.25) is 10.1 Å². The van der Waals surface area contributed by atoms with Crippen molar-refractivity contribution in [1.29, 1.82) is 0 Å². The van der Waals surface area contributed by atoms with E-state index in [4.69, 9.17) is 4.74 Å². The Morgan fingerprint density at radius 3 is 2.28 bits per heavy atom. The van der Waals surface area contributed by atoms with E-state index in [9.17, 15) is 9.90 Å². The fourth-order valence-electron chi connectivity index (χ4n) is 1.64. The molecule has 18 heavy (non-hydrogen) atoms. The third-order valence-electron chi connectivity index (χ3n) is 2.35. The molecular weight excluding hydrogens is 230 g/mol. The third kappa shape index (κ3) is 4.37. The largest absolute Gasteiger partial charge is 0.494 e. The fourth-order valence-corrected chi connectivity index (χ4v) is 1.64. The van der Waals surface area contributed by atoms with Gasteiger partial charge in [-0.25, -0.2) is 0 Å². The van der Waals surface area contributed by atoms with Gasteiger partial charge in [0, 0.05) is 5.54 Å². The summed E-state index contributed by atoms with van der Waals surface area (Å²) in [6.07, 6.45) is 0. The highest BCUT2D eigenvalue weighted by Crippen LogP contribution is 2.20. The lowest BCUT2D eigenvalue weighted by atomic mass is 10.0. The highest BCUT2D eigenvalue weighted by Gasteiger charge is 2.24. The molecule has 4 nitrogen and oxygen atoms in total. The van der Waals surface area contributed by atoms with E-state index in [-0.39, 0.29) is 5.54 Å². The van der Waals surface area contributed by atoms with E-state index in [1.807, 2.05) is 27.7 Å². The zero-order chi connectivity index (χ0) is 13.8. The Labute approximate surface area is 108 Å². The summed E-state index contributed by atoms with van der Waals surface area (Å²) in [6.45, 7) is 8.34. The molecule has 1 rings (SSSR count). The number of carbonyl (C=O) groups is 1. The quantitative estimate of drug-likeness (QED) is 0.844. The molecule has 0 radical (unpaired) electrons. The summed E-state index contributed by atoms with van der Waals surface area (Å²) in [5.74, 6) is -0.129. The van der Waals surface area contributed by atoms with E-state index in [0.717, 1.165) is 11.3 Å². The molecule has 0 fully saturated rings. The van der Waals surface area contributed by atoms with Crippen LogP contribution in [0, 0.1) is 0 Å². The van der Waals surface area contributed by atoms with E-state index in [0.29, 0.717) is 6.61 Å². The van der Waals surface area contributed by atoms with Crippen molar-refractivity contribution in [2.45, 2.75) is 39.3 Å². The van der Waals surface area contributed by atoms with Crippen LogP contribution >= 0.6 is 0 Å². The average molecular weight is 251 g/mol. The fraction of sp³-hybridized carbons (Fsp3) is 0.500. The van der Waals surface area contributed by atoms with Gasteiger partial charge in [-0.1, -0.05) is 12.1 Å². The van der Waals surface area contributed by atoms with Crippen LogP contribution in [0.15, 0.2) is 24.3 Å². The van der Waals surface area contributed by atoms with Crippen LogP contribution in [0.2, 0.25) is 0 Å². The van der Waals surface area contributed by atoms with Crippen molar-refractivity contribution in [3.05, 3.63) is 29.8 Å². The molecule has 0 spiro atoms. The molecule has 100 valence electrons. The summed E-state index contributed by atoms with van der Waals surface area (Å²) in [5, 5.41) is 12.4. The van der Waals surface area contributed by atoms with Crippen molar-refractivity contribution in [2.24, 2.45) is 0 Å². The Hall–Kier alpha value is -1.55. The van der Waals surface area contributed by atoms with Crippen LogP contribution in [0.5, 0.6) is 5.75 Å². The van der Waals surface area contributed by atoms with E-state index < -0.39 is 12.0 Å². The summed E-state index contributed by atoms with van der Waals surface area (Å²) in [7, 11) is 0. The highest BCUT2D eigenvalue weighted by molar-refractivity contribution is 5.75. The zero-order valence-electron chi connectivity index (χ0n) is 11.4. The normalized spacial score (nSPS) is 13.1. The summed E-state index contributed by atoms with van der Waals surface area (Å²) in [5.41, 5.74) is 0.461. The standard InChI is InChI=1S/C14H21NO3/c1-5-18-11-8-6-10(7-9-11)12(13(16)17)15-14(2,3)4/h6-9,12,15H,5H2,1-4H3,(H,16,17). The van der Waals surface area contributed by atoms with Gasteiger partial charge in [0.15, 0.2) is 0 Å². The molecule has 1 aromatic rings. The Morgan fingerprint density at radius 2 is 1.89 bits per heavy atom. The molecule has 1 unspecified atom stereocenters. The number of rotatable bonds is 5. The topological polar surface area (TPSA) is 58.6 Å². The van der Waals surface area contributed by atoms with Crippen LogP contribution in [0.4, 0.5) is 0 Å². The van der Waals surface area contributed by atoms with Crippen molar-refractivity contribution in [1.82, 2.24) is 5.32 Å². The van der Waals surface area contributed by atoms with Crippen molar-refractivity contribution >= 4 is 5.97 Å². The van der Waals surface area contributed by atoms with Gasteiger partial charge < -0.3 is 9.84 Å². The predicted octanol–water partition coefficient (Wildman–Crippen LogP) is 2.60. The molecule has 1 atom stereocenters. The third-order valence-corrected chi connectivity index (χ3v) is 2.35. The first-order valence-electron chi connectivity index (χ1n) is 6.07. The molecule has 0 saturated carbocycles. The molecule has 4 heteroatoms. The minimum atomic E-state index is -0.880. The lowest BCUT2D eigenvalue weighted by Gasteiger charge is -2.26. The molecule has 1 aromatic carbocycles. The summed E-state index contributed by atoms with van der Waals surface area (Å²) in [4.78, 5) is 11.3. The summed E-state index contributed by atoms with van der Waals surface area (Å²) in [6, 6.07) is 6.43. The SMILES string of the molecule is CCOc1ccc(C(NC(C)(C)C)C(=O)O)cc1. The minimum Gasteiger partial charge on any atom is -0.494 e. The first-order chi connectivity index (χ1) is 8.33. The van der Waals surface area contributed by atoms with Crippen molar-refractivity contribution in [2.75, 3.05) is 6.61 Å². The van der Waals surface area contributed by atoms with Gasteiger partial charge in [-0.05, 0) is 45.4 Å². The maximum atomic E-state index is 11.3. The molecule has 0 aliphatic carbocycles. The average Bonchev–Trinajstić information content (AvgIpc) is 2.26. The zero-order valence-corrected chi connectivity index (χ0v) is 11.4. The number of hydrogen-bond acceptors (Lipinski definition) is 3. The number of hydrogen-bond donors (Lipinski definition) is 2. The van der Waals surface area contributed by atoms with Gasteiger partial charge in [-0.15, -0.1) is 0 Å². The number of ether oxygens (including phenoxy) is 1. The Bertz CT molecular complexity index is 392. The van der Waals surface area contributed by atoms with Gasteiger partial charge >= 0.3 is 5.97 Å². The number of aliphatic carboxylic acids is 1. The lowest BCUT2D eigenvalue weighted by Crippen LogP contribution is -2.42. The second kappa shape index (κ2) is 5.87. The summed E-state index contributed by atoms with van der Waals surface area (Å²) < 4.78 is 5.33. The van der Waals surface area contributed by atoms with Gasteiger partial charge in [0.2, 0.25) is 0 Å². The van der Waals surface area contributed by atoms with Crippen LogP contribution in [-0.2, 0) is 4.79 Å². The van der Waals surface area contributed by atoms with Crippen LogP contribution in [0.3, 0.4) is 0 Å². The first kappa shape index (κ1) is 14.5. The van der Waals surface area contributed by atoms with Crippen LogP contribution in [-0.4, -0.2) is 23.2 Å². The molecule has 0 amide bonds. The number of carboxylic acid groups (broad SMARTS) is 1. The molecule has 0 aliphatic rings. The lowest BCUT2D eigenvalue weighted by molar-refractivity contribution is -0.140. The van der Waals surface area contributed by atoms with E-state index in [1.54, 1.807) is 24.3 Å². The van der Waals surface area contributed by atoms with Gasteiger partial charge in [0.25, 0.3) is 0 Å². The number of carboxylic acids is 1. The molecule has 0 saturated heterocycles. The molecule has 2 N–H and O–H groups in total. The molecule has 0 aromatic heterocycles. The number of nitrogens with one attached hydrogen (secondary N) is 1. The second-order valence-electron chi connectivity index (χ2n) is 5.17. The Kier molecular flexibility index (Phi) is 4.73. The molecule has 0 heterocycles. The van der Waals surface area contributed by atoms with Crippen LogP contribution in [0.25, 0.3) is 0 Å². The smallest absolute Gasteiger partial charge is 0.325 e. The maximum absolute atomic E-state index is 11.3. The van der Waals surface area contributed by atoms with Crippen molar-refractivity contribution in [3.63, 3.8) is 0 Å². The van der Waals surface area contributed by atoms with Gasteiger partial charge in [-0.2, -0.15) is 0 Å². The second-order valence-corrected chi connectivity index (χ2v) is 5.17. The molecule has 0 aliphatic heterocycles. The molecule has 0 bridgehead atoms. The Morgan fingerprint density at radius 1 is 1.33 bits per heavy atom.